The minimum Gasteiger partial charge on any atom is -0.467 e. The lowest BCUT2D eigenvalue weighted by atomic mass is 10.2. The van der Waals surface area contributed by atoms with Crippen LogP contribution in [0.4, 0.5) is 4.39 Å². The van der Waals surface area contributed by atoms with Gasteiger partial charge in [0.05, 0.1) is 12.8 Å². The quantitative estimate of drug-likeness (QED) is 0.641. The van der Waals surface area contributed by atoms with Crippen LogP contribution in [0.2, 0.25) is 0 Å². The topological polar surface area (TPSA) is 101 Å². The van der Waals surface area contributed by atoms with Gasteiger partial charge in [-0.15, -0.1) is 0 Å². The minimum atomic E-state index is -0.872. The number of furan rings is 1. The van der Waals surface area contributed by atoms with E-state index in [1.165, 1.54) is 18.4 Å². The molecule has 2 N–H and O–H groups in total. The maximum absolute atomic E-state index is 12.9. The number of hydrogen-bond donors (Lipinski definition) is 2. The normalized spacial score (nSPS) is 12.1. The summed E-state index contributed by atoms with van der Waals surface area (Å²) in [5, 5.41) is 16.3. The van der Waals surface area contributed by atoms with E-state index in [0.29, 0.717) is 35.9 Å². The van der Waals surface area contributed by atoms with Gasteiger partial charge in [-0.2, -0.15) is 4.98 Å². The van der Waals surface area contributed by atoms with Gasteiger partial charge in [-0.3, -0.25) is 4.79 Å². The van der Waals surface area contributed by atoms with Gasteiger partial charge in [-0.05, 0) is 42.8 Å². The number of rotatable bonds is 8. The zero-order valence-corrected chi connectivity index (χ0v) is 13.9. The zero-order chi connectivity index (χ0) is 18.4. The molecule has 0 aliphatic rings. The largest absolute Gasteiger partial charge is 0.467 e. The number of halogens is 1. The fourth-order valence-corrected chi connectivity index (χ4v) is 2.35. The molecule has 3 aromatic rings. The average molecular weight is 359 g/mol. The highest BCUT2D eigenvalue weighted by Crippen LogP contribution is 2.17. The Morgan fingerprint density at radius 3 is 2.81 bits per heavy atom. The van der Waals surface area contributed by atoms with E-state index in [1.54, 1.807) is 24.3 Å². The van der Waals surface area contributed by atoms with Gasteiger partial charge in [-0.25, -0.2) is 4.39 Å². The SMILES string of the molecule is O=C(CCCc1nc(-c2ccc(F)cc2)no1)NCC(O)c1ccco1. The molecule has 1 amide bonds. The zero-order valence-electron chi connectivity index (χ0n) is 13.9. The van der Waals surface area contributed by atoms with E-state index < -0.39 is 6.10 Å². The molecule has 1 atom stereocenters. The van der Waals surface area contributed by atoms with E-state index in [0.717, 1.165) is 0 Å². The molecular weight excluding hydrogens is 341 g/mol. The van der Waals surface area contributed by atoms with Gasteiger partial charge in [-0.1, -0.05) is 5.16 Å². The summed E-state index contributed by atoms with van der Waals surface area (Å²) in [4.78, 5) is 16.0. The Kier molecular flexibility index (Phi) is 5.75. The van der Waals surface area contributed by atoms with Crippen LogP contribution in [-0.4, -0.2) is 27.7 Å². The number of aromatic nitrogens is 2. The van der Waals surface area contributed by atoms with Crippen molar-refractivity contribution in [2.24, 2.45) is 0 Å². The maximum Gasteiger partial charge on any atom is 0.226 e. The van der Waals surface area contributed by atoms with Crippen LogP contribution in [0, 0.1) is 5.82 Å². The fourth-order valence-electron chi connectivity index (χ4n) is 2.35. The first-order chi connectivity index (χ1) is 12.6. The average Bonchev–Trinajstić information content (AvgIpc) is 3.32. The second kappa shape index (κ2) is 8.39. The van der Waals surface area contributed by atoms with Crippen LogP contribution in [0.5, 0.6) is 0 Å². The molecule has 0 bridgehead atoms. The van der Waals surface area contributed by atoms with Crippen LogP contribution < -0.4 is 5.32 Å². The number of hydrogen-bond acceptors (Lipinski definition) is 6. The Labute approximate surface area is 148 Å². The lowest BCUT2D eigenvalue weighted by molar-refractivity contribution is -0.121. The van der Waals surface area contributed by atoms with E-state index in [2.05, 4.69) is 15.5 Å². The Bertz CT molecular complexity index is 831. The van der Waals surface area contributed by atoms with Gasteiger partial charge in [0.15, 0.2) is 0 Å². The molecule has 136 valence electrons. The van der Waals surface area contributed by atoms with Gasteiger partial charge < -0.3 is 19.4 Å². The highest BCUT2D eigenvalue weighted by molar-refractivity contribution is 5.75. The van der Waals surface area contributed by atoms with E-state index in [-0.39, 0.29) is 24.7 Å². The maximum atomic E-state index is 12.9. The smallest absolute Gasteiger partial charge is 0.226 e. The second-order valence-electron chi connectivity index (χ2n) is 5.71. The molecule has 0 fully saturated rings. The third kappa shape index (κ3) is 4.76. The van der Waals surface area contributed by atoms with E-state index in [1.807, 2.05) is 0 Å². The first kappa shape index (κ1) is 17.8. The summed E-state index contributed by atoms with van der Waals surface area (Å²) in [6.45, 7) is 0.0849. The summed E-state index contributed by atoms with van der Waals surface area (Å²) in [7, 11) is 0. The second-order valence-corrected chi connectivity index (χ2v) is 5.71. The number of aryl methyl sites for hydroxylation is 1. The third-order valence-electron chi connectivity index (χ3n) is 3.73. The van der Waals surface area contributed by atoms with Crippen molar-refractivity contribution in [1.82, 2.24) is 15.5 Å². The van der Waals surface area contributed by atoms with Gasteiger partial charge in [0.2, 0.25) is 17.6 Å². The molecule has 0 saturated carbocycles. The lowest BCUT2D eigenvalue weighted by Gasteiger charge is -2.09. The fraction of sp³-hybridized carbons (Fsp3) is 0.278. The number of aliphatic hydroxyl groups excluding tert-OH is 1. The molecule has 8 heteroatoms. The number of amides is 1. The molecule has 2 aromatic heterocycles. The predicted octanol–water partition coefficient (Wildman–Crippen LogP) is 2.64. The van der Waals surface area contributed by atoms with Crippen LogP contribution in [0.1, 0.15) is 30.6 Å². The van der Waals surface area contributed by atoms with Crippen molar-refractivity contribution in [1.29, 1.82) is 0 Å². The first-order valence-corrected chi connectivity index (χ1v) is 8.18. The highest BCUT2D eigenvalue weighted by atomic mass is 19.1. The van der Waals surface area contributed by atoms with Crippen molar-refractivity contribution >= 4 is 5.91 Å². The van der Waals surface area contributed by atoms with Crippen molar-refractivity contribution in [3.8, 4) is 11.4 Å². The first-order valence-electron chi connectivity index (χ1n) is 8.18. The summed E-state index contributed by atoms with van der Waals surface area (Å²) in [6, 6.07) is 9.11. The lowest BCUT2D eigenvalue weighted by Crippen LogP contribution is -2.28. The minimum absolute atomic E-state index is 0.0849. The molecule has 0 aliphatic carbocycles. The molecular formula is C18H18FN3O4. The van der Waals surface area contributed by atoms with E-state index in [4.69, 9.17) is 8.94 Å². The standard InChI is InChI=1S/C18H18FN3O4/c19-13-8-6-12(7-9-13)18-21-17(26-22-18)5-1-4-16(24)20-11-14(23)15-3-2-10-25-15/h2-3,6-10,14,23H,1,4-5,11H2,(H,20,24). The molecule has 1 aromatic carbocycles. The Morgan fingerprint density at radius 1 is 1.27 bits per heavy atom. The van der Waals surface area contributed by atoms with Crippen molar-refractivity contribution in [2.45, 2.75) is 25.4 Å². The Balaban J connectivity index is 1.40. The number of nitrogens with one attached hydrogen (secondary N) is 1. The van der Waals surface area contributed by atoms with Crippen LogP contribution in [0.3, 0.4) is 0 Å². The van der Waals surface area contributed by atoms with E-state index in [9.17, 15) is 14.3 Å². The van der Waals surface area contributed by atoms with Crippen LogP contribution >= 0.6 is 0 Å². The number of carbonyl (C=O) groups is 1. The molecule has 26 heavy (non-hydrogen) atoms. The van der Waals surface area contributed by atoms with Gasteiger partial charge in [0, 0.05) is 18.4 Å². The van der Waals surface area contributed by atoms with Crippen molar-refractivity contribution < 1.29 is 23.2 Å². The monoisotopic (exact) mass is 359 g/mol. The molecule has 0 radical (unpaired) electrons. The number of aliphatic hydroxyl groups is 1. The van der Waals surface area contributed by atoms with Crippen molar-refractivity contribution in [3.63, 3.8) is 0 Å². The molecule has 0 aliphatic heterocycles. The number of benzene rings is 1. The molecule has 7 nitrogen and oxygen atoms in total. The third-order valence-corrected chi connectivity index (χ3v) is 3.73. The van der Waals surface area contributed by atoms with Gasteiger partial charge >= 0.3 is 0 Å². The van der Waals surface area contributed by atoms with Crippen molar-refractivity contribution in [3.05, 3.63) is 60.1 Å². The molecule has 0 saturated heterocycles. The molecule has 1 unspecified atom stereocenters. The van der Waals surface area contributed by atoms with Crippen LogP contribution in [0.15, 0.2) is 51.6 Å². The summed E-state index contributed by atoms with van der Waals surface area (Å²) in [6.07, 6.45) is 1.82. The summed E-state index contributed by atoms with van der Waals surface area (Å²) >= 11 is 0. The highest BCUT2D eigenvalue weighted by Gasteiger charge is 2.13. The summed E-state index contributed by atoms with van der Waals surface area (Å²) in [5.41, 5.74) is 0.658. The molecule has 2 heterocycles. The Hall–Kier alpha value is -3.00. The summed E-state index contributed by atoms with van der Waals surface area (Å²) < 4.78 is 23.1. The van der Waals surface area contributed by atoms with Crippen molar-refractivity contribution in [2.75, 3.05) is 6.54 Å². The van der Waals surface area contributed by atoms with Gasteiger partial charge in [0.25, 0.3) is 0 Å². The molecule has 0 spiro atoms. The van der Waals surface area contributed by atoms with Crippen LogP contribution in [-0.2, 0) is 11.2 Å². The predicted molar refractivity (Wildman–Crippen MR) is 89.3 cm³/mol. The number of nitrogens with zero attached hydrogens (tertiary/aromatic N) is 2. The summed E-state index contributed by atoms with van der Waals surface area (Å²) in [5.74, 6) is 0.678. The van der Waals surface area contributed by atoms with Crippen LogP contribution in [0.25, 0.3) is 11.4 Å². The number of carbonyl (C=O) groups excluding carboxylic acids is 1. The Morgan fingerprint density at radius 2 is 2.08 bits per heavy atom. The van der Waals surface area contributed by atoms with E-state index >= 15 is 0 Å². The van der Waals surface area contributed by atoms with Gasteiger partial charge in [0.1, 0.15) is 17.7 Å². The molecule has 3 rings (SSSR count).